The van der Waals surface area contributed by atoms with E-state index in [4.69, 9.17) is 18.6 Å². The fourth-order valence-electron chi connectivity index (χ4n) is 6.82. The summed E-state index contributed by atoms with van der Waals surface area (Å²) in [6, 6.07) is 1.38. The summed E-state index contributed by atoms with van der Waals surface area (Å²) in [6.07, 6.45) is 4.04. The number of amides is 1. The molecule has 3 aromatic heterocycles. The minimum Gasteiger partial charge on any atom is -0.444 e. The van der Waals surface area contributed by atoms with Crippen molar-refractivity contribution in [3.8, 4) is 16.5 Å². The number of carbonyl (C=O) groups excluding carboxylic acids is 1. The van der Waals surface area contributed by atoms with Crippen molar-refractivity contribution in [2.24, 2.45) is 0 Å². The number of rotatable bonds is 12. The monoisotopic (exact) mass is 752 g/mol. The average Bonchev–Trinajstić information content (AvgIpc) is 3.36. The van der Waals surface area contributed by atoms with Crippen LogP contribution >= 0.6 is 11.3 Å². The third kappa shape index (κ3) is 6.62. The maximum atomic E-state index is 14.8. The van der Waals surface area contributed by atoms with E-state index in [1.165, 1.54) is 26.3 Å². The minimum absolute atomic E-state index is 0.00983. The third-order valence-electron chi connectivity index (χ3n) is 9.96. The van der Waals surface area contributed by atoms with Gasteiger partial charge in [0.05, 0.1) is 46.1 Å². The van der Waals surface area contributed by atoms with Crippen molar-refractivity contribution in [1.82, 2.24) is 18.8 Å². The molecule has 13 nitrogen and oxygen atoms in total. The third-order valence-corrected chi connectivity index (χ3v) is 13.4. The van der Waals surface area contributed by atoms with Crippen molar-refractivity contribution in [2.45, 2.75) is 108 Å². The van der Waals surface area contributed by atoms with Crippen molar-refractivity contribution in [3.63, 3.8) is 0 Å². The highest BCUT2D eigenvalue weighted by Gasteiger charge is 2.51. The van der Waals surface area contributed by atoms with Gasteiger partial charge >= 0.3 is 12.3 Å². The van der Waals surface area contributed by atoms with Gasteiger partial charge in [0.25, 0.3) is 11.5 Å². The molecule has 2 unspecified atom stereocenters. The largest absolute Gasteiger partial charge is 0.444 e. The van der Waals surface area contributed by atoms with Crippen LogP contribution in [-0.2, 0) is 30.8 Å². The first kappa shape index (κ1) is 35.4. The highest BCUT2D eigenvalue weighted by Crippen LogP contribution is 2.43. The van der Waals surface area contributed by atoms with Crippen molar-refractivity contribution < 1.29 is 45.0 Å². The average molecular weight is 753 g/mol. The Morgan fingerprint density at radius 2 is 1.90 bits per heavy atom. The van der Waals surface area contributed by atoms with E-state index in [0.717, 1.165) is 46.9 Å². The summed E-state index contributed by atoms with van der Waals surface area (Å²) in [4.78, 5) is 46.8. The number of hydrogen-bond acceptors (Lipinski definition) is 11. The summed E-state index contributed by atoms with van der Waals surface area (Å²) in [5.41, 5.74) is -1.63. The second-order valence-corrected chi connectivity index (χ2v) is 16.7. The van der Waals surface area contributed by atoms with E-state index < -0.39 is 69.1 Å². The zero-order valence-corrected chi connectivity index (χ0v) is 29.4. The maximum absolute atomic E-state index is 14.8. The summed E-state index contributed by atoms with van der Waals surface area (Å²) in [5, 5.41) is 0.00983. The molecule has 0 spiro atoms. The first-order chi connectivity index (χ1) is 24.2. The summed E-state index contributed by atoms with van der Waals surface area (Å²) in [6.45, 7) is 0.612. The Hall–Kier alpha value is -4.00. The number of halogens is 3. The number of sulfonamides is 1. The normalized spacial score (nSPS) is 22.3. The molecule has 1 aliphatic carbocycles. The Morgan fingerprint density at radius 1 is 1.20 bits per heavy atom. The van der Waals surface area contributed by atoms with E-state index in [1.807, 2.05) is 4.72 Å². The first-order valence-electron chi connectivity index (χ1n) is 16.5. The van der Waals surface area contributed by atoms with Crippen molar-refractivity contribution in [1.29, 1.82) is 0 Å². The Bertz CT molecular complexity index is 2200. The lowest BCUT2D eigenvalue weighted by Crippen LogP contribution is -2.48. The summed E-state index contributed by atoms with van der Waals surface area (Å²) in [5.74, 6) is -2.10. The lowest BCUT2D eigenvalue weighted by molar-refractivity contribution is -0.122. The highest BCUT2D eigenvalue weighted by molar-refractivity contribution is 7.91. The maximum Gasteiger partial charge on any atom is 0.387 e. The molecule has 2 aliphatic heterocycles. The quantitative estimate of drug-likeness (QED) is 0.210. The number of carbonyl (C=O) groups is 1. The molecule has 1 saturated carbocycles. The number of fused-ring (bicyclic) bond motifs is 3. The molecular formula is C33H35F3N4O9S2. The molecule has 2 bridgehead atoms. The predicted octanol–water partition coefficient (Wildman–Crippen LogP) is 4.96. The molecular weight excluding hydrogens is 718 g/mol. The van der Waals surface area contributed by atoms with Gasteiger partial charge in [-0.3, -0.25) is 18.9 Å². The van der Waals surface area contributed by atoms with E-state index in [2.05, 4.69) is 4.98 Å². The SMILES string of the molecule is Cc1c(-c2ncco2)sc2c1c(=O)n(C(C)C(=O)NS(=O)(=O)C1(C)CC1)c(=O)n2C[C@H](OC1C[C@H]2CC[C@@H](C1)O2)c1cc(F)ccc1OC(F)F. The first-order valence-corrected chi connectivity index (χ1v) is 18.8. The van der Waals surface area contributed by atoms with Crippen LogP contribution in [0.2, 0.25) is 0 Å². The Morgan fingerprint density at radius 3 is 2.53 bits per heavy atom. The van der Waals surface area contributed by atoms with Gasteiger partial charge in [-0.2, -0.15) is 8.78 Å². The van der Waals surface area contributed by atoms with Crippen LogP contribution < -0.4 is 20.7 Å². The van der Waals surface area contributed by atoms with Crippen molar-refractivity contribution in [2.75, 3.05) is 0 Å². The van der Waals surface area contributed by atoms with E-state index in [-0.39, 0.29) is 39.6 Å². The van der Waals surface area contributed by atoms with Crippen molar-refractivity contribution >= 4 is 37.5 Å². The van der Waals surface area contributed by atoms with Gasteiger partial charge < -0.3 is 18.6 Å². The second kappa shape index (κ2) is 13.2. The molecule has 1 N–H and O–H groups in total. The van der Waals surface area contributed by atoms with Crippen LogP contribution in [0.15, 0.2) is 44.7 Å². The van der Waals surface area contributed by atoms with Crippen LogP contribution in [-0.4, -0.2) is 58.1 Å². The molecule has 1 amide bonds. The van der Waals surface area contributed by atoms with Crippen LogP contribution in [0, 0.1) is 12.7 Å². The summed E-state index contributed by atoms with van der Waals surface area (Å²) >= 11 is 0.995. The van der Waals surface area contributed by atoms with Gasteiger partial charge in [-0.1, -0.05) is 0 Å². The number of ether oxygens (including phenoxy) is 3. The Balaban J connectivity index is 1.39. The minimum atomic E-state index is -4.13. The molecule has 18 heteroatoms. The number of aryl methyl sites for hydroxylation is 1. The molecule has 5 atom stereocenters. The van der Waals surface area contributed by atoms with Gasteiger partial charge in [0.15, 0.2) is 0 Å². The van der Waals surface area contributed by atoms with Gasteiger partial charge in [0.2, 0.25) is 15.9 Å². The number of aromatic nitrogens is 3. The molecule has 5 heterocycles. The van der Waals surface area contributed by atoms with E-state index in [0.29, 0.717) is 40.7 Å². The number of nitrogens with one attached hydrogen (secondary N) is 1. The standard InChI is InChI=1S/C33H35F3N4O9S2/c1-16-25-29(42)40(17(2)27(41)38-51(44,45)33(3)8-9-33)32(43)39(30(25)50-26(16)28-37-10-11-46-28)15-24(48-21-13-19-5-6-20(14-21)47-19)22-12-18(34)4-7-23(22)49-31(35)36/h4,7,10-12,17,19-21,24,31H,5-6,8-9,13-15H2,1-3H3,(H,38,41)/t17?,19-,20+,21?,24-/m0/s1. The topological polar surface area (TPSA) is 161 Å². The van der Waals surface area contributed by atoms with Gasteiger partial charge in [-0.15, -0.1) is 11.3 Å². The smallest absolute Gasteiger partial charge is 0.387 e. The van der Waals surface area contributed by atoms with Gasteiger partial charge in [-0.25, -0.2) is 27.2 Å². The number of nitrogens with zero attached hydrogens (tertiary/aromatic N) is 3. The Labute approximate surface area is 293 Å². The zero-order chi connectivity index (χ0) is 36.4. The van der Waals surface area contributed by atoms with E-state index in [9.17, 15) is 36.0 Å². The molecule has 274 valence electrons. The molecule has 3 fully saturated rings. The van der Waals surface area contributed by atoms with E-state index >= 15 is 0 Å². The summed E-state index contributed by atoms with van der Waals surface area (Å²) < 4.78 is 93.4. The molecule has 3 aliphatic rings. The predicted molar refractivity (Wildman–Crippen MR) is 178 cm³/mol. The van der Waals surface area contributed by atoms with Crippen LogP contribution in [0.5, 0.6) is 5.75 Å². The van der Waals surface area contributed by atoms with Gasteiger partial charge in [-0.05, 0) is 83.1 Å². The van der Waals surface area contributed by atoms with Crippen LogP contribution in [0.4, 0.5) is 13.2 Å². The van der Waals surface area contributed by atoms with Gasteiger partial charge in [0.1, 0.15) is 34.8 Å². The van der Waals surface area contributed by atoms with Crippen LogP contribution in [0.25, 0.3) is 21.0 Å². The molecule has 4 aromatic rings. The molecule has 51 heavy (non-hydrogen) atoms. The van der Waals surface area contributed by atoms with Crippen molar-refractivity contribution in [3.05, 3.63) is 68.4 Å². The Kier molecular flexibility index (Phi) is 9.16. The van der Waals surface area contributed by atoms with Gasteiger partial charge in [0, 0.05) is 5.56 Å². The molecule has 2 saturated heterocycles. The second-order valence-electron chi connectivity index (χ2n) is 13.5. The highest BCUT2D eigenvalue weighted by atomic mass is 32.2. The van der Waals surface area contributed by atoms with Crippen LogP contribution in [0.1, 0.15) is 75.6 Å². The molecule has 0 radical (unpaired) electrons. The van der Waals surface area contributed by atoms with E-state index in [1.54, 1.807) is 6.92 Å². The summed E-state index contributed by atoms with van der Waals surface area (Å²) in [7, 11) is -4.13. The molecule has 7 rings (SSSR count). The van der Waals surface area contributed by atoms with Crippen LogP contribution in [0.3, 0.4) is 0 Å². The number of benzene rings is 1. The number of oxazole rings is 1. The number of alkyl halides is 2. The molecule has 1 aromatic carbocycles. The fraction of sp³-hybridized carbons (Fsp3) is 0.515. The number of hydrogen-bond donors (Lipinski definition) is 1. The zero-order valence-electron chi connectivity index (χ0n) is 27.8. The number of thiophene rings is 1. The lowest BCUT2D eigenvalue weighted by atomic mass is 10.0. The lowest BCUT2D eigenvalue weighted by Gasteiger charge is -2.32. The fourth-order valence-corrected chi connectivity index (χ4v) is 9.38.